The second kappa shape index (κ2) is 6.15. The number of anilines is 1. The number of sulfonamides is 1. The first-order valence-corrected chi connectivity index (χ1v) is 8.84. The highest BCUT2D eigenvalue weighted by atomic mass is 32.2. The molecule has 25 heavy (non-hydrogen) atoms. The zero-order valence-electron chi connectivity index (χ0n) is 13.2. The van der Waals surface area contributed by atoms with Crippen LogP contribution in [0.3, 0.4) is 0 Å². The van der Waals surface area contributed by atoms with Crippen LogP contribution < -0.4 is 5.32 Å². The molecule has 2 aromatic rings. The third kappa shape index (κ3) is 2.61. The molecule has 1 aromatic heterocycles. The van der Waals surface area contributed by atoms with Crippen molar-refractivity contribution < 1.29 is 22.2 Å². The van der Waals surface area contributed by atoms with Crippen LogP contribution in [0.5, 0.6) is 0 Å². The Kier molecular flexibility index (Phi) is 4.15. The number of aliphatic hydroxyl groups is 1. The number of fused-ring (bicyclic) bond motifs is 1. The molecule has 2 heterocycles. The molecule has 3 rings (SSSR count). The van der Waals surface area contributed by atoms with E-state index in [1.807, 2.05) is 0 Å². The minimum atomic E-state index is -4.17. The number of quaternary nitrogens is 1. The lowest BCUT2D eigenvalue weighted by molar-refractivity contribution is -0.652. The van der Waals surface area contributed by atoms with Crippen molar-refractivity contribution in [2.24, 2.45) is 0 Å². The Morgan fingerprint density at radius 2 is 1.96 bits per heavy atom. The lowest BCUT2D eigenvalue weighted by atomic mass is 10.2. The third-order valence-electron chi connectivity index (χ3n) is 3.84. The lowest BCUT2D eigenvalue weighted by Gasteiger charge is -2.32. The van der Waals surface area contributed by atoms with Crippen LogP contribution in [0.25, 0.3) is 5.76 Å². The Morgan fingerprint density at radius 1 is 1.24 bits per heavy atom. The minimum absolute atomic E-state index is 0.118. The van der Waals surface area contributed by atoms with Crippen molar-refractivity contribution in [3.8, 4) is 0 Å². The van der Waals surface area contributed by atoms with Crippen LogP contribution in [-0.2, 0) is 10.0 Å². The molecular formula is C17H16N3O4S+. The quantitative estimate of drug-likeness (QED) is 0.650. The van der Waals surface area contributed by atoms with E-state index in [4.69, 9.17) is 0 Å². The van der Waals surface area contributed by atoms with Crippen molar-refractivity contribution in [3.05, 3.63) is 73.1 Å². The lowest BCUT2D eigenvalue weighted by Crippen LogP contribution is -2.56. The number of nitrogens with one attached hydrogen (secondary N) is 1. The van der Waals surface area contributed by atoms with Crippen LogP contribution in [0, 0.1) is 0 Å². The number of benzene rings is 1. The van der Waals surface area contributed by atoms with Gasteiger partial charge in [0.15, 0.2) is 12.0 Å². The Morgan fingerprint density at radius 3 is 2.64 bits per heavy atom. The topological polar surface area (TPSA) is 96.4 Å². The summed E-state index contributed by atoms with van der Waals surface area (Å²) in [5, 5.41) is 12.8. The Labute approximate surface area is 145 Å². The van der Waals surface area contributed by atoms with Crippen LogP contribution in [0.1, 0.15) is 5.56 Å². The fourth-order valence-electron chi connectivity index (χ4n) is 2.65. The maximum atomic E-state index is 13.2. The Bertz CT molecular complexity index is 970. The maximum Gasteiger partial charge on any atom is 0.442 e. The molecule has 2 amide bonds. The van der Waals surface area contributed by atoms with E-state index >= 15 is 0 Å². The van der Waals surface area contributed by atoms with Gasteiger partial charge in [0, 0.05) is 11.8 Å². The normalized spacial score (nSPS) is 20.9. The smallest absolute Gasteiger partial charge is 0.442 e. The number of hydrogen-bond donors (Lipinski definition) is 2. The molecule has 0 fully saturated rings. The number of hydrogen-bond acceptors (Lipinski definition) is 5. The van der Waals surface area contributed by atoms with Gasteiger partial charge in [0.1, 0.15) is 17.3 Å². The van der Waals surface area contributed by atoms with Crippen LogP contribution in [0.2, 0.25) is 0 Å². The molecule has 128 valence electrons. The summed E-state index contributed by atoms with van der Waals surface area (Å²) in [6.07, 6.45) is 3.80. The van der Waals surface area contributed by atoms with Gasteiger partial charge in [0.25, 0.3) is 0 Å². The largest absolute Gasteiger partial charge is 0.503 e. The molecule has 7 nitrogen and oxygen atoms in total. The molecule has 1 unspecified atom stereocenters. The highest BCUT2D eigenvalue weighted by Crippen LogP contribution is 2.37. The summed E-state index contributed by atoms with van der Waals surface area (Å²) >= 11 is 0. The van der Waals surface area contributed by atoms with Crippen LogP contribution in [0.15, 0.2) is 72.4 Å². The number of urea groups is 1. The Balaban J connectivity index is 2.16. The van der Waals surface area contributed by atoms with Crippen molar-refractivity contribution in [2.75, 3.05) is 11.9 Å². The van der Waals surface area contributed by atoms with E-state index in [-0.39, 0.29) is 28.6 Å². The second-order valence-electron chi connectivity index (χ2n) is 5.40. The van der Waals surface area contributed by atoms with Gasteiger partial charge in [-0.3, -0.25) is 5.32 Å². The summed E-state index contributed by atoms with van der Waals surface area (Å²) in [6, 6.07) is 10.00. The summed E-state index contributed by atoms with van der Waals surface area (Å²) < 4.78 is 25.2. The van der Waals surface area contributed by atoms with Gasteiger partial charge in [0.05, 0.1) is 0 Å². The van der Waals surface area contributed by atoms with E-state index < -0.39 is 19.9 Å². The average Bonchev–Trinajstić information content (AvgIpc) is 2.61. The SMILES string of the molecule is C=CC[N+]1(C(=O)Nc2ccccn2)C=C(O)c2ccccc2S1(=O)=O. The number of aromatic nitrogens is 1. The van der Waals surface area contributed by atoms with E-state index in [2.05, 4.69) is 16.9 Å². The molecular weight excluding hydrogens is 342 g/mol. The summed E-state index contributed by atoms with van der Waals surface area (Å²) in [6.45, 7) is 3.30. The van der Waals surface area contributed by atoms with Gasteiger partial charge in [-0.05, 0) is 30.3 Å². The van der Waals surface area contributed by atoms with Crippen molar-refractivity contribution in [2.45, 2.75) is 4.90 Å². The molecule has 1 aliphatic heterocycles. The molecule has 8 heteroatoms. The second-order valence-corrected chi connectivity index (χ2v) is 7.44. The molecule has 2 N–H and O–H groups in total. The summed E-state index contributed by atoms with van der Waals surface area (Å²) in [7, 11) is -4.17. The van der Waals surface area contributed by atoms with E-state index in [1.54, 1.807) is 18.2 Å². The maximum absolute atomic E-state index is 13.2. The third-order valence-corrected chi connectivity index (χ3v) is 6.03. The standard InChI is InChI=1S/C17H15N3O4S/c1-2-11-20(17(22)19-16-9-5-6-10-18-16)12-14(21)13-7-3-4-8-15(13)25(20,23)24/h2-10,12H,1,11H2,(H-,18,19,21,22)/p+1. The first-order valence-electron chi connectivity index (χ1n) is 7.40. The molecule has 0 saturated heterocycles. The number of carbonyl (C=O) groups excluding carboxylic acids is 1. The molecule has 0 saturated carbocycles. The first-order chi connectivity index (χ1) is 11.9. The van der Waals surface area contributed by atoms with Crippen molar-refractivity contribution >= 4 is 27.6 Å². The van der Waals surface area contributed by atoms with Gasteiger partial charge in [-0.25, -0.2) is 9.78 Å². The van der Waals surface area contributed by atoms with E-state index in [0.29, 0.717) is 0 Å². The van der Waals surface area contributed by atoms with Gasteiger partial charge >= 0.3 is 16.1 Å². The number of rotatable bonds is 3. The fraction of sp³-hybridized carbons (Fsp3) is 0.0588. The fourth-order valence-corrected chi connectivity index (χ4v) is 4.51. The Hall–Kier alpha value is -2.97. The summed E-state index contributed by atoms with van der Waals surface area (Å²) in [4.78, 5) is 16.7. The zero-order valence-corrected chi connectivity index (χ0v) is 14.0. The first kappa shape index (κ1) is 16.9. The average molecular weight is 358 g/mol. The van der Waals surface area contributed by atoms with Crippen molar-refractivity contribution in [1.29, 1.82) is 0 Å². The van der Waals surface area contributed by atoms with Gasteiger partial charge in [-0.1, -0.05) is 28.7 Å². The molecule has 0 bridgehead atoms. The van der Waals surface area contributed by atoms with E-state index in [0.717, 1.165) is 6.20 Å². The van der Waals surface area contributed by atoms with Gasteiger partial charge in [-0.15, -0.1) is 0 Å². The predicted molar refractivity (Wildman–Crippen MR) is 92.8 cm³/mol. The number of pyridine rings is 1. The zero-order chi connectivity index (χ0) is 18.1. The van der Waals surface area contributed by atoms with Crippen molar-refractivity contribution in [3.63, 3.8) is 0 Å². The summed E-state index contributed by atoms with van der Waals surface area (Å²) in [5.41, 5.74) is 0.158. The number of aliphatic hydroxyl groups excluding tert-OH is 1. The minimum Gasteiger partial charge on any atom is -0.503 e. The van der Waals surface area contributed by atoms with Gasteiger partial charge in [0.2, 0.25) is 0 Å². The van der Waals surface area contributed by atoms with Crippen LogP contribution in [-0.4, -0.2) is 35.0 Å². The molecule has 1 aliphatic rings. The molecule has 0 radical (unpaired) electrons. The molecule has 0 spiro atoms. The predicted octanol–water partition coefficient (Wildman–Crippen LogP) is 2.88. The highest BCUT2D eigenvalue weighted by molar-refractivity contribution is 7.86. The number of nitrogens with zero attached hydrogens (tertiary/aromatic N) is 2. The molecule has 1 atom stereocenters. The van der Waals surface area contributed by atoms with Crippen molar-refractivity contribution in [1.82, 2.24) is 4.98 Å². The van der Waals surface area contributed by atoms with Gasteiger partial charge < -0.3 is 5.11 Å². The summed E-state index contributed by atoms with van der Waals surface area (Å²) in [5.74, 6) is -0.0838. The van der Waals surface area contributed by atoms with Crippen LogP contribution >= 0.6 is 0 Å². The molecule has 1 aromatic carbocycles. The van der Waals surface area contributed by atoms with E-state index in [9.17, 15) is 18.3 Å². The molecule has 0 aliphatic carbocycles. The van der Waals surface area contributed by atoms with Gasteiger partial charge in [-0.2, -0.15) is 8.42 Å². The highest BCUT2D eigenvalue weighted by Gasteiger charge is 2.53. The number of carbonyl (C=O) groups is 1. The monoisotopic (exact) mass is 358 g/mol. The van der Waals surface area contributed by atoms with Crippen LogP contribution in [0.4, 0.5) is 10.6 Å². The van der Waals surface area contributed by atoms with E-state index in [1.165, 1.54) is 36.5 Å². The number of amides is 2.